The number of rotatable bonds is 2. The van der Waals surface area contributed by atoms with E-state index in [1.165, 1.54) is 11.1 Å². The van der Waals surface area contributed by atoms with Crippen molar-refractivity contribution in [3.05, 3.63) is 33.8 Å². The minimum Gasteiger partial charge on any atom is -0.324 e. The van der Waals surface area contributed by atoms with Gasteiger partial charge in [-0.25, -0.2) is 0 Å². The Morgan fingerprint density at radius 1 is 1.46 bits per heavy atom. The molecule has 0 aromatic heterocycles. The summed E-state index contributed by atoms with van der Waals surface area (Å²) in [7, 11) is 0. The van der Waals surface area contributed by atoms with Crippen molar-refractivity contribution in [1.29, 1.82) is 0 Å². The zero-order valence-electron chi connectivity index (χ0n) is 7.88. The fraction of sp³-hybridized carbons (Fsp3) is 0.400. The van der Waals surface area contributed by atoms with Crippen LogP contribution in [-0.4, -0.2) is 0 Å². The zero-order chi connectivity index (χ0) is 9.14. The normalized spacial score (nSPS) is 12.0. The van der Waals surface area contributed by atoms with Gasteiger partial charge in [0, 0.05) is 10.5 Å². The number of benzene rings is 1. The van der Waals surface area contributed by atoms with E-state index in [1.54, 1.807) is 0 Å². The first-order valence-corrected chi connectivity index (χ1v) is 4.96. The van der Waals surface area contributed by atoms with Crippen LogP contribution in [0.3, 0.4) is 0 Å². The molecule has 1 unspecified atom stereocenters. The molecule has 1 aromatic rings. The molecule has 0 amide bonds. The summed E-state index contributed by atoms with van der Waals surface area (Å²) < 4.78 is 1.12. The Kier molecular flexibility index (Phi) is 5.61. The van der Waals surface area contributed by atoms with Gasteiger partial charge in [-0.15, -0.1) is 12.4 Å². The Bertz CT molecular complexity index is 276. The van der Waals surface area contributed by atoms with Crippen molar-refractivity contribution < 1.29 is 0 Å². The molecule has 0 heterocycles. The monoisotopic (exact) mass is 263 g/mol. The van der Waals surface area contributed by atoms with E-state index >= 15 is 0 Å². The van der Waals surface area contributed by atoms with Crippen LogP contribution >= 0.6 is 28.3 Å². The summed E-state index contributed by atoms with van der Waals surface area (Å²) in [5, 5.41) is 0. The van der Waals surface area contributed by atoms with Gasteiger partial charge in [0.2, 0.25) is 0 Å². The molecular formula is C10H15BrClN. The molecular weight excluding hydrogens is 249 g/mol. The van der Waals surface area contributed by atoms with E-state index in [0.717, 1.165) is 10.9 Å². The largest absolute Gasteiger partial charge is 0.324 e. The van der Waals surface area contributed by atoms with Crippen molar-refractivity contribution in [1.82, 2.24) is 0 Å². The molecule has 0 fully saturated rings. The van der Waals surface area contributed by atoms with Crippen molar-refractivity contribution in [2.45, 2.75) is 26.3 Å². The highest BCUT2D eigenvalue weighted by molar-refractivity contribution is 9.10. The zero-order valence-corrected chi connectivity index (χ0v) is 10.3. The first-order chi connectivity index (χ1) is 5.65. The molecule has 1 nitrogen and oxygen atoms in total. The molecule has 1 rings (SSSR count). The lowest BCUT2D eigenvalue weighted by Crippen LogP contribution is -2.09. The maximum absolute atomic E-state index is 5.92. The van der Waals surface area contributed by atoms with Crippen LogP contribution in [0.15, 0.2) is 22.7 Å². The first-order valence-electron chi connectivity index (χ1n) is 4.16. The van der Waals surface area contributed by atoms with E-state index in [2.05, 4.69) is 48.0 Å². The summed E-state index contributed by atoms with van der Waals surface area (Å²) in [5.74, 6) is 0. The van der Waals surface area contributed by atoms with Crippen LogP contribution in [0.25, 0.3) is 0 Å². The van der Waals surface area contributed by atoms with Crippen LogP contribution in [0.4, 0.5) is 0 Å². The first kappa shape index (κ1) is 12.9. The number of hydrogen-bond acceptors (Lipinski definition) is 1. The molecule has 0 radical (unpaired) electrons. The standard InChI is InChI=1S/C10H14BrN.ClH/c1-3-10(12)8-5-4-7(2)6-9(8)11;/h4-6,10H,3,12H2,1-2H3;1H. The van der Waals surface area contributed by atoms with Gasteiger partial charge in [-0.3, -0.25) is 0 Å². The van der Waals surface area contributed by atoms with E-state index in [-0.39, 0.29) is 18.4 Å². The third kappa shape index (κ3) is 3.29. The molecule has 0 saturated carbocycles. The second-order valence-electron chi connectivity index (χ2n) is 3.04. The van der Waals surface area contributed by atoms with E-state index < -0.39 is 0 Å². The third-order valence-corrected chi connectivity index (χ3v) is 2.68. The summed E-state index contributed by atoms with van der Waals surface area (Å²) in [6.07, 6.45) is 0.974. The smallest absolute Gasteiger partial charge is 0.0303 e. The average molecular weight is 265 g/mol. The fourth-order valence-electron chi connectivity index (χ4n) is 1.15. The highest BCUT2D eigenvalue weighted by Gasteiger charge is 2.06. The van der Waals surface area contributed by atoms with Crippen LogP contribution in [0.1, 0.15) is 30.5 Å². The Balaban J connectivity index is 0.00000144. The molecule has 0 bridgehead atoms. The number of aryl methyl sites for hydroxylation is 1. The summed E-state index contributed by atoms with van der Waals surface area (Å²) in [6.45, 7) is 4.17. The number of hydrogen-bond donors (Lipinski definition) is 1. The minimum atomic E-state index is 0. The Hall–Kier alpha value is -0.0500. The van der Waals surface area contributed by atoms with E-state index in [1.807, 2.05) is 0 Å². The van der Waals surface area contributed by atoms with E-state index in [4.69, 9.17) is 5.73 Å². The van der Waals surface area contributed by atoms with Gasteiger partial charge in [0.1, 0.15) is 0 Å². The fourth-order valence-corrected chi connectivity index (χ4v) is 1.94. The van der Waals surface area contributed by atoms with Gasteiger partial charge in [-0.1, -0.05) is 35.0 Å². The highest BCUT2D eigenvalue weighted by atomic mass is 79.9. The van der Waals surface area contributed by atoms with Crippen molar-refractivity contribution in [3.63, 3.8) is 0 Å². The lowest BCUT2D eigenvalue weighted by molar-refractivity contribution is 0.695. The Morgan fingerprint density at radius 2 is 2.08 bits per heavy atom. The predicted molar refractivity (Wildman–Crippen MR) is 63.3 cm³/mol. The molecule has 1 aromatic carbocycles. The van der Waals surface area contributed by atoms with Gasteiger partial charge < -0.3 is 5.73 Å². The highest BCUT2D eigenvalue weighted by Crippen LogP contribution is 2.24. The van der Waals surface area contributed by atoms with Gasteiger partial charge in [-0.05, 0) is 30.5 Å². The molecule has 0 aliphatic carbocycles. The maximum atomic E-state index is 5.92. The maximum Gasteiger partial charge on any atom is 0.0303 e. The summed E-state index contributed by atoms with van der Waals surface area (Å²) in [4.78, 5) is 0. The molecule has 0 saturated heterocycles. The minimum absolute atomic E-state index is 0. The molecule has 13 heavy (non-hydrogen) atoms. The number of nitrogens with two attached hydrogens (primary N) is 1. The van der Waals surface area contributed by atoms with Crippen molar-refractivity contribution >= 4 is 28.3 Å². The molecule has 0 aliphatic heterocycles. The number of halogens is 2. The average Bonchev–Trinajstić information content (AvgIpc) is 2.03. The van der Waals surface area contributed by atoms with Crippen LogP contribution in [-0.2, 0) is 0 Å². The van der Waals surface area contributed by atoms with Crippen LogP contribution in [0.5, 0.6) is 0 Å². The quantitative estimate of drug-likeness (QED) is 0.868. The van der Waals surface area contributed by atoms with Crippen molar-refractivity contribution in [2.75, 3.05) is 0 Å². The van der Waals surface area contributed by atoms with Gasteiger partial charge >= 0.3 is 0 Å². The molecule has 1 atom stereocenters. The molecule has 2 N–H and O–H groups in total. The Labute approximate surface area is 94.3 Å². The van der Waals surface area contributed by atoms with Crippen LogP contribution in [0, 0.1) is 6.92 Å². The van der Waals surface area contributed by atoms with Gasteiger partial charge in [0.05, 0.1) is 0 Å². The Morgan fingerprint density at radius 3 is 2.54 bits per heavy atom. The third-order valence-electron chi connectivity index (χ3n) is 2.00. The summed E-state index contributed by atoms with van der Waals surface area (Å²) in [6, 6.07) is 6.44. The summed E-state index contributed by atoms with van der Waals surface area (Å²) in [5.41, 5.74) is 8.37. The second kappa shape index (κ2) is 5.63. The molecule has 3 heteroatoms. The molecule has 0 spiro atoms. The predicted octanol–water partition coefficient (Wildman–Crippen LogP) is 3.59. The van der Waals surface area contributed by atoms with Gasteiger partial charge in [-0.2, -0.15) is 0 Å². The van der Waals surface area contributed by atoms with Crippen molar-refractivity contribution in [3.8, 4) is 0 Å². The summed E-state index contributed by atoms with van der Waals surface area (Å²) >= 11 is 3.51. The second-order valence-corrected chi connectivity index (χ2v) is 3.89. The van der Waals surface area contributed by atoms with E-state index in [9.17, 15) is 0 Å². The van der Waals surface area contributed by atoms with Gasteiger partial charge in [0.15, 0.2) is 0 Å². The molecule has 74 valence electrons. The molecule has 0 aliphatic rings. The van der Waals surface area contributed by atoms with E-state index in [0.29, 0.717) is 0 Å². The van der Waals surface area contributed by atoms with Crippen LogP contribution < -0.4 is 5.73 Å². The lowest BCUT2D eigenvalue weighted by Gasteiger charge is -2.11. The van der Waals surface area contributed by atoms with Crippen LogP contribution in [0.2, 0.25) is 0 Å². The van der Waals surface area contributed by atoms with Crippen molar-refractivity contribution in [2.24, 2.45) is 5.73 Å². The lowest BCUT2D eigenvalue weighted by atomic mass is 10.0. The SMILES string of the molecule is CCC(N)c1ccc(C)cc1Br.Cl. The van der Waals surface area contributed by atoms with Gasteiger partial charge in [0.25, 0.3) is 0 Å². The topological polar surface area (TPSA) is 26.0 Å².